The summed E-state index contributed by atoms with van der Waals surface area (Å²) in [6.45, 7) is 1.03. The van der Waals surface area contributed by atoms with Crippen LogP contribution in [0.2, 0.25) is 0 Å². The van der Waals surface area contributed by atoms with Gasteiger partial charge in [-0.3, -0.25) is 19.0 Å². The molecule has 0 saturated heterocycles. The lowest BCUT2D eigenvalue weighted by Crippen LogP contribution is -2.46. The molecule has 34 heavy (non-hydrogen) atoms. The molecule has 2 N–H and O–H groups in total. The molecule has 0 saturated carbocycles. The highest BCUT2D eigenvalue weighted by Gasteiger charge is 2.34. The highest BCUT2D eigenvalue weighted by Crippen LogP contribution is 2.25. The largest absolute Gasteiger partial charge is 0.286 e. The number of nitrogens with zero attached hydrogens (tertiary/aromatic N) is 1. The Labute approximate surface area is 203 Å². The molecule has 7 heteroatoms. The molecule has 0 radical (unpaired) electrons. The minimum Gasteiger partial charge on any atom is -0.286 e. The topological polar surface area (TPSA) is 86.7 Å². The van der Waals surface area contributed by atoms with Crippen LogP contribution < -0.4 is 4.72 Å². The third-order valence-electron chi connectivity index (χ3n) is 6.43. The summed E-state index contributed by atoms with van der Waals surface area (Å²) in [5, 5.41) is 0. The Morgan fingerprint density at radius 2 is 1.15 bits per heavy atom. The standard InChI is InChI=1S/C27H38N2O4S/c1-34(32,33,23-17-11-10-12-18-23)28-21-15-8-6-4-2-3-5-7-9-16-22-29-26(30)24-19-13-14-20-25(24)27(29)31/h10-14,17-20H,2-9,15-16,21-22H2,1H3,(H2,28,32,33). The number of amides is 2. The van der Waals surface area contributed by atoms with Crippen molar-refractivity contribution in [1.29, 1.82) is 0 Å². The number of benzene rings is 2. The fourth-order valence-corrected chi connectivity index (χ4v) is 5.98. The number of carbonyl (C=O) groups excluding carboxylic acids is 2. The Kier molecular flexibility index (Phi) is 9.17. The van der Waals surface area contributed by atoms with Gasteiger partial charge in [-0.1, -0.05) is 81.7 Å². The van der Waals surface area contributed by atoms with Crippen molar-refractivity contribution in [3.8, 4) is 0 Å². The maximum atomic E-state index is 12.8. The molecule has 0 unspecified atom stereocenters. The van der Waals surface area contributed by atoms with E-state index in [1.54, 1.807) is 48.5 Å². The van der Waals surface area contributed by atoms with Gasteiger partial charge in [0.05, 0.1) is 16.0 Å². The van der Waals surface area contributed by atoms with Crippen molar-refractivity contribution in [2.24, 2.45) is 0 Å². The lowest BCUT2D eigenvalue weighted by molar-refractivity contribution is 0.0651. The van der Waals surface area contributed by atoms with Crippen molar-refractivity contribution < 1.29 is 18.4 Å². The number of carbonyl (C=O) groups is 2. The number of hydrogen-bond donors (Lipinski definition) is 2. The Morgan fingerprint density at radius 3 is 1.68 bits per heavy atom. The Morgan fingerprint density at radius 1 is 0.706 bits per heavy atom. The van der Waals surface area contributed by atoms with Gasteiger partial charge in [0.2, 0.25) is 0 Å². The molecule has 0 bridgehead atoms. The number of imide groups is 1. The predicted octanol–water partition coefficient (Wildman–Crippen LogP) is 5.67. The monoisotopic (exact) mass is 486 g/mol. The zero-order valence-electron chi connectivity index (χ0n) is 20.2. The van der Waals surface area contributed by atoms with E-state index in [-0.39, 0.29) is 11.8 Å². The molecular weight excluding hydrogens is 448 g/mol. The summed E-state index contributed by atoms with van der Waals surface area (Å²) in [6, 6.07) is 15.8. The van der Waals surface area contributed by atoms with E-state index in [4.69, 9.17) is 0 Å². The number of unbranched alkanes of at least 4 members (excludes halogenated alkanes) is 9. The normalized spacial score (nSPS) is 14.8. The highest BCUT2D eigenvalue weighted by atomic mass is 32.3. The molecule has 2 amide bonds. The van der Waals surface area contributed by atoms with Crippen molar-refractivity contribution >= 4 is 21.3 Å². The molecule has 3 rings (SSSR count). The van der Waals surface area contributed by atoms with E-state index in [2.05, 4.69) is 4.72 Å². The summed E-state index contributed by atoms with van der Waals surface area (Å²) in [7, 11) is -3.96. The van der Waals surface area contributed by atoms with E-state index in [0.717, 1.165) is 38.5 Å². The van der Waals surface area contributed by atoms with Crippen molar-refractivity contribution in [2.75, 3.05) is 19.3 Å². The van der Waals surface area contributed by atoms with Gasteiger partial charge >= 0.3 is 0 Å². The predicted molar refractivity (Wildman–Crippen MR) is 137 cm³/mol. The van der Waals surface area contributed by atoms with E-state index in [0.29, 0.717) is 29.1 Å². The van der Waals surface area contributed by atoms with Crippen molar-refractivity contribution in [3.63, 3.8) is 0 Å². The number of rotatable bonds is 15. The first kappa shape index (κ1) is 26.3. The quantitative estimate of drug-likeness (QED) is 0.251. The molecule has 0 atom stereocenters. The maximum absolute atomic E-state index is 12.8. The first-order chi connectivity index (χ1) is 16.3. The number of fused-ring (bicyclic) bond motifs is 1. The molecule has 6 nitrogen and oxygen atoms in total. The van der Waals surface area contributed by atoms with Gasteiger partial charge in [-0.15, -0.1) is 9.53 Å². The lowest BCUT2D eigenvalue weighted by atomic mass is 10.1. The summed E-state index contributed by atoms with van der Waals surface area (Å²) in [5.41, 5.74) is 1.05. The summed E-state index contributed by atoms with van der Waals surface area (Å²) in [5.74, 6) is -0.321. The van der Waals surface area contributed by atoms with Crippen LogP contribution in [-0.4, -0.2) is 44.8 Å². The van der Waals surface area contributed by atoms with Crippen LogP contribution in [0.5, 0.6) is 0 Å². The average molecular weight is 487 g/mol. The zero-order chi connectivity index (χ0) is 24.5. The van der Waals surface area contributed by atoms with E-state index in [1.807, 2.05) is 6.07 Å². The molecule has 0 spiro atoms. The number of hydrogen-bond acceptors (Lipinski definition) is 3. The molecule has 2 aromatic rings. The minimum absolute atomic E-state index is 0.160. The SMILES string of the molecule is CS(=O)(O)(NCCCCCCCCCCCCN1C(=O)c2ccccc2C1=O)c1ccccc1. The van der Waals surface area contributed by atoms with Crippen molar-refractivity contribution in [2.45, 2.75) is 69.1 Å². The van der Waals surface area contributed by atoms with Gasteiger partial charge in [-0.05, 0) is 37.1 Å². The molecule has 1 aliphatic heterocycles. The van der Waals surface area contributed by atoms with E-state index < -0.39 is 9.53 Å². The van der Waals surface area contributed by atoms with Gasteiger partial charge in [0, 0.05) is 19.3 Å². The van der Waals surface area contributed by atoms with Gasteiger partial charge in [-0.2, -0.15) is 4.21 Å². The fraction of sp³-hybridized carbons (Fsp3) is 0.481. The van der Waals surface area contributed by atoms with Crippen LogP contribution in [0.25, 0.3) is 0 Å². The van der Waals surface area contributed by atoms with E-state index in [1.165, 1.54) is 36.8 Å². The van der Waals surface area contributed by atoms with Gasteiger partial charge in [-0.25, -0.2) is 4.72 Å². The summed E-state index contributed by atoms with van der Waals surface area (Å²) in [4.78, 5) is 26.5. The molecule has 0 aliphatic carbocycles. The second-order valence-corrected chi connectivity index (χ2v) is 12.7. The number of nitrogens with one attached hydrogen (secondary N) is 1. The maximum Gasteiger partial charge on any atom is 0.261 e. The summed E-state index contributed by atoms with van der Waals surface area (Å²) < 4.78 is 26.3. The third kappa shape index (κ3) is 7.08. The molecule has 2 aromatic carbocycles. The van der Waals surface area contributed by atoms with E-state index in [9.17, 15) is 18.4 Å². The van der Waals surface area contributed by atoms with Crippen LogP contribution in [0.1, 0.15) is 84.9 Å². The zero-order valence-corrected chi connectivity index (χ0v) is 21.0. The van der Waals surface area contributed by atoms with Crippen molar-refractivity contribution in [1.82, 2.24) is 9.62 Å². The van der Waals surface area contributed by atoms with Crippen LogP contribution >= 0.6 is 0 Å². The molecule has 186 valence electrons. The third-order valence-corrected chi connectivity index (χ3v) is 8.69. The second kappa shape index (κ2) is 11.9. The highest BCUT2D eigenvalue weighted by molar-refractivity contribution is 8.12. The van der Waals surface area contributed by atoms with E-state index >= 15 is 0 Å². The summed E-state index contributed by atoms with van der Waals surface area (Å²) in [6.07, 6.45) is 12.2. The van der Waals surface area contributed by atoms with Gasteiger partial charge in [0.25, 0.3) is 11.8 Å². The van der Waals surface area contributed by atoms with Crippen LogP contribution in [0.4, 0.5) is 0 Å². The lowest BCUT2D eigenvalue weighted by Gasteiger charge is -2.40. The Hall–Kier alpha value is -2.35. The van der Waals surface area contributed by atoms with Crippen LogP contribution in [0, 0.1) is 0 Å². The minimum atomic E-state index is -3.96. The van der Waals surface area contributed by atoms with Gasteiger partial charge < -0.3 is 0 Å². The van der Waals surface area contributed by atoms with Crippen LogP contribution in [0.3, 0.4) is 0 Å². The first-order valence-corrected chi connectivity index (χ1v) is 14.8. The van der Waals surface area contributed by atoms with Gasteiger partial charge in [0.15, 0.2) is 0 Å². The smallest absolute Gasteiger partial charge is 0.261 e. The molecule has 1 aliphatic rings. The van der Waals surface area contributed by atoms with Crippen LogP contribution in [0.15, 0.2) is 59.5 Å². The van der Waals surface area contributed by atoms with Crippen LogP contribution in [-0.2, 0) is 9.53 Å². The fourth-order valence-electron chi connectivity index (χ4n) is 4.39. The Balaban J connectivity index is 1.17. The molecule has 1 heterocycles. The second-order valence-electron chi connectivity index (χ2n) is 9.33. The molecular formula is C27H38N2O4S. The average Bonchev–Trinajstić information content (AvgIpc) is 3.07. The van der Waals surface area contributed by atoms with Gasteiger partial charge in [0.1, 0.15) is 0 Å². The molecule has 0 aromatic heterocycles. The summed E-state index contributed by atoms with van der Waals surface area (Å²) >= 11 is 0. The van der Waals surface area contributed by atoms with Crippen molar-refractivity contribution in [3.05, 3.63) is 65.7 Å². The Bertz CT molecular complexity index is 997. The molecule has 0 fully saturated rings. The first-order valence-electron chi connectivity index (χ1n) is 12.4.